The average Bonchev–Trinajstić information content (AvgIpc) is 3.19. The van der Waals surface area contributed by atoms with Gasteiger partial charge < -0.3 is 14.7 Å². The Morgan fingerprint density at radius 2 is 0.843 bits per heavy atom. The SMILES string of the molecule is [O-]B([O-])Oc1cccc2ccc3cc4ccccc4cc3c12.c1ccc([P+](c2ccccc2)(c2ccccc2)c2cccc3ccccc23)cc1. The van der Waals surface area contributed by atoms with Crippen molar-refractivity contribution >= 4 is 78.9 Å². The van der Waals surface area contributed by atoms with Gasteiger partial charge in [0, 0.05) is 10.8 Å². The van der Waals surface area contributed by atoms with E-state index in [1.807, 2.05) is 36.4 Å². The van der Waals surface area contributed by atoms with E-state index in [0.29, 0.717) is 5.75 Å². The maximum absolute atomic E-state index is 10.9. The first-order valence-electron chi connectivity index (χ1n) is 17.0. The standard InChI is InChI=1S/C28H22P.C18H11BO3/c1-4-15-24(16-5-1)29(25-17-6-2-7-18-25,26-19-8-3-9-20-26)28-22-12-14-23-13-10-11-21-27(23)28;20-19(21)22-17-7-3-6-12-8-9-15-10-13-4-1-2-5-14(13)11-16(15)18(12)17/h1-22H;1-11H/q+1;-2. The third kappa shape index (κ3) is 6.15. The molecule has 0 saturated heterocycles. The van der Waals surface area contributed by atoms with Crippen molar-refractivity contribution in [2.45, 2.75) is 0 Å². The molecule has 0 amide bonds. The summed E-state index contributed by atoms with van der Waals surface area (Å²) >= 11 is 0. The lowest BCUT2D eigenvalue weighted by molar-refractivity contribution is -0.372. The Hall–Kier alpha value is -5.77. The minimum Gasteiger partial charge on any atom is -0.860 e. The fourth-order valence-electron chi connectivity index (χ4n) is 7.29. The van der Waals surface area contributed by atoms with Gasteiger partial charge in [0.1, 0.15) is 41.6 Å². The van der Waals surface area contributed by atoms with E-state index in [0.717, 1.165) is 32.3 Å². The molecule has 0 unspecified atom stereocenters. The van der Waals surface area contributed by atoms with E-state index in [2.05, 4.69) is 152 Å². The van der Waals surface area contributed by atoms with Crippen molar-refractivity contribution < 1.29 is 14.7 Å². The highest BCUT2D eigenvalue weighted by Crippen LogP contribution is 2.55. The Labute approximate surface area is 298 Å². The monoisotopic (exact) mass is 675 g/mol. The van der Waals surface area contributed by atoms with Crippen molar-refractivity contribution in [1.82, 2.24) is 0 Å². The number of benzene rings is 9. The number of fused-ring (bicyclic) bond motifs is 5. The second-order valence-corrected chi connectivity index (χ2v) is 15.8. The van der Waals surface area contributed by atoms with Crippen LogP contribution in [-0.2, 0) is 0 Å². The normalized spacial score (nSPS) is 11.3. The molecule has 0 bridgehead atoms. The summed E-state index contributed by atoms with van der Waals surface area (Å²) in [6.07, 6.45) is 0. The largest absolute Gasteiger partial charge is 0.860 e. The van der Waals surface area contributed by atoms with Gasteiger partial charge in [-0.25, -0.2) is 0 Å². The Bertz CT molecular complexity index is 2490. The summed E-state index contributed by atoms with van der Waals surface area (Å²) in [6.45, 7) is 0. The van der Waals surface area contributed by atoms with Gasteiger partial charge in [0.25, 0.3) is 0 Å². The third-order valence-corrected chi connectivity index (χ3v) is 13.8. The van der Waals surface area contributed by atoms with Gasteiger partial charge in [-0.15, -0.1) is 0 Å². The van der Waals surface area contributed by atoms with Gasteiger partial charge >= 0.3 is 0 Å². The Kier molecular flexibility index (Phi) is 9.05. The molecule has 0 fully saturated rings. The molecule has 9 rings (SSSR count). The van der Waals surface area contributed by atoms with Crippen molar-refractivity contribution in [3.05, 3.63) is 200 Å². The quantitative estimate of drug-likeness (QED) is 0.0787. The highest BCUT2D eigenvalue weighted by atomic mass is 31.2. The maximum atomic E-state index is 10.9. The Morgan fingerprint density at radius 1 is 0.373 bits per heavy atom. The summed E-state index contributed by atoms with van der Waals surface area (Å²) in [5.74, 6) is 0.341. The van der Waals surface area contributed by atoms with E-state index >= 15 is 0 Å². The smallest absolute Gasteiger partial charge is 0.144 e. The van der Waals surface area contributed by atoms with Crippen LogP contribution in [0.5, 0.6) is 5.75 Å². The predicted molar refractivity (Wildman–Crippen MR) is 214 cm³/mol. The molecule has 0 aliphatic heterocycles. The minimum atomic E-state index is -2.33. The van der Waals surface area contributed by atoms with E-state index in [1.54, 1.807) is 12.1 Å². The molecule has 3 nitrogen and oxygen atoms in total. The molecule has 9 aromatic carbocycles. The van der Waals surface area contributed by atoms with Crippen LogP contribution < -0.4 is 35.9 Å². The highest BCUT2D eigenvalue weighted by molar-refractivity contribution is 8.01. The van der Waals surface area contributed by atoms with Crippen LogP contribution in [0.2, 0.25) is 0 Å². The molecule has 0 aliphatic carbocycles. The van der Waals surface area contributed by atoms with E-state index in [-0.39, 0.29) is 0 Å². The van der Waals surface area contributed by atoms with Crippen LogP contribution in [0.1, 0.15) is 0 Å². The summed E-state index contributed by atoms with van der Waals surface area (Å²) in [4.78, 5) is 0. The lowest BCUT2D eigenvalue weighted by atomic mass is 9.97. The van der Waals surface area contributed by atoms with Crippen LogP contribution in [-0.4, -0.2) is 7.32 Å². The van der Waals surface area contributed by atoms with Crippen molar-refractivity contribution in [3.8, 4) is 5.75 Å². The summed E-state index contributed by atoms with van der Waals surface area (Å²) in [5, 5.41) is 36.1. The zero-order chi connectivity index (χ0) is 34.6. The van der Waals surface area contributed by atoms with Crippen LogP contribution in [0, 0.1) is 0 Å². The fourth-order valence-corrected chi connectivity index (χ4v) is 11.8. The van der Waals surface area contributed by atoms with Gasteiger partial charge in [-0.1, -0.05) is 140 Å². The zero-order valence-corrected chi connectivity index (χ0v) is 28.7. The van der Waals surface area contributed by atoms with E-state index in [4.69, 9.17) is 4.65 Å². The molecule has 0 spiro atoms. The van der Waals surface area contributed by atoms with Crippen LogP contribution in [0.4, 0.5) is 0 Å². The van der Waals surface area contributed by atoms with Gasteiger partial charge in [0.15, 0.2) is 0 Å². The average molecular weight is 676 g/mol. The van der Waals surface area contributed by atoms with E-state index in [9.17, 15) is 10.0 Å². The first-order valence-corrected chi connectivity index (χ1v) is 18.8. The molecule has 0 aliphatic rings. The summed E-state index contributed by atoms with van der Waals surface area (Å²) < 4.78 is 4.94. The van der Waals surface area contributed by atoms with Crippen LogP contribution in [0.25, 0.3) is 43.1 Å². The van der Waals surface area contributed by atoms with Crippen LogP contribution in [0.3, 0.4) is 0 Å². The minimum absolute atomic E-state index is 0.341. The zero-order valence-electron chi connectivity index (χ0n) is 27.8. The fraction of sp³-hybridized carbons (Fsp3) is 0. The molecule has 244 valence electrons. The summed E-state index contributed by atoms with van der Waals surface area (Å²) in [7, 11) is -4.38. The Balaban J connectivity index is 0.000000152. The second kappa shape index (κ2) is 14.2. The molecule has 0 atom stereocenters. The molecule has 0 aromatic heterocycles. The molecule has 0 saturated carbocycles. The van der Waals surface area contributed by atoms with Crippen LogP contribution >= 0.6 is 7.26 Å². The van der Waals surface area contributed by atoms with Crippen molar-refractivity contribution in [3.63, 3.8) is 0 Å². The molecule has 9 aromatic rings. The summed E-state index contributed by atoms with van der Waals surface area (Å²) in [6, 6.07) is 70.4. The molecule has 0 radical (unpaired) electrons. The molecular formula is C46H33BO3P-. The number of hydrogen-bond acceptors (Lipinski definition) is 3. The van der Waals surface area contributed by atoms with Crippen molar-refractivity contribution in [2.75, 3.05) is 0 Å². The van der Waals surface area contributed by atoms with Crippen molar-refractivity contribution in [1.29, 1.82) is 0 Å². The van der Waals surface area contributed by atoms with Gasteiger partial charge in [-0.3, -0.25) is 0 Å². The number of rotatable bonds is 6. The van der Waals surface area contributed by atoms with Gasteiger partial charge in [-0.2, -0.15) is 0 Å². The second-order valence-electron chi connectivity index (χ2n) is 12.4. The molecule has 5 heteroatoms. The lowest BCUT2D eigenvalue weighted by Crippen LogP contribution is -2.50. The van der Waals surface area contributed by atoms with E-state index in [1.165, 1.54) is 32.0 Å². The van der Waals surface area contributed by atoms with E-state index < -0.39 is 14.6 Å². The predicted octanol–water partition coefficient (Wildman–Crippen LogP) is 7.69. The van der Waals surface area contributed by atoms with Gasteiger partial charge in [0.05, 0.1) is 0 Å². The van der Waals surface area contributed by atoms with Crippen LogP contribution in [0.15, 0.2) is 200 Å². The molecule has 51 heavy (non-hydrogen) atoms. The first kappa shape index (κ1) is 32.4. The third-order valence-electron chi connectivity index (χ3n) is 9.47. The Morgan fingerprint density at radius 3 is 1.45 bits per heavy atom. The highest BCUT2D eigenvalue weighted by Gasteiger charge is 2.48. The maximum Gasteiger partial charge on any atom is 0.144 e. The summed E-state index contributed by atoms with van der Waals surface area (Å²) in [5.41, 5.74) is 0. The van der Waals surface area contributed by atoms with Crippen molar-refractivity contribution in [2.24, 2.45) is 0 Å². The van der Waals surface area contributed by atoms with Gasteiger partial charge in [-0.05, 0) is 93.0 Å². The topological polar surface area (TPSA) is 55.3 Å². The lowest BCUT2D eigenvalue weighted by Gasteiger charge is -2.28. The number of hydrogen-bond donors (Lipinski definition) is 0. The molecule has 0 heterocycles. The molecular weight excluding hydrogens is 642 g/mol. The first-order chi connectivity index (χ1) is 25.1. The van der Waals surface area contributed by atoms with Gasteiger partial charge in [0.2, 0.25) is 0 Å². The molecule has 0 N–H and O–H groups in total.